The highest BCUT2D eigenvalue weighted by Gasteiger charge is 2.25. The molecule has 0 atom stereocenters. The molecule has 0 radical (unpaired) electrons. The zero-order valence-corrected chi connectivity index (χ0v) is 11.9. The second-order valence-electron chi connectivity index (χ2n) is 5.08. The summed E-state index contributed by atoms with van der Waals surface area (Å²) in [6.07, 6.45) is 2.66. The summed E-state index contributed by atoms with van der Waals surface area (Å²) in [5.41, 5.74) is 1.10. The minimum atomic E-state index is 0.697. The smallest absolute Gasteiger partial charge is 0.195 e. The van der Waals surface area contributed by atoms with Gasteiger partial charge in [0.2, 0.25) is 0 Å². The van der Waals surface area contributed by atoms with Gasteiger partial charge in [-0.15, -0.1) is 0 Å². The summed E-state index contributed by atoms with van der Waals surface area (Å²) >= 11 is 5.33. The van der Waals surface area contributed by atoms with Crippen molar-refractivity contribution in [2.45, 2.75) is 25.4 Å². The molecule has 19 heavy (non-hydrogen) atoms. The van der Waals surface area contributed by atoms with Gasteiger partial charge in [0.15, 0.2) is 10.6 Å². The Kier molecular flexibility index (Phi) is 3.48. The molecule has 0 aliphatic heterocycles. The molecule has 1 aliphatic rings. The number of likely N-dealkylation sites (N-methyl/N-ethyl adjacent to an activating group) is 1. The number of nitrogens with one attached hydrogen (secondary N) is 1. The molecule has 0 spiro atoms. The van der Waals surface area contributed by atoms with E-state index in [1.165, 1.54) is 12.8 Å². The van der Waals surface area contributed by atoms with Crippen molar-refractivity contribution in [3.63, 3.8) is 0 Å². The van der Waals surface area contributed by atoms with Gasteiger partial charge < -0.3 is 4.90 Å². The molecular formula is C14H18N4S. The van der Waals surface area contributed by atoms with E-state index in [9.17, 15) is 0 Å². The molecule has 1 saturated carbocycles. The normalized spacial score (nSPS) is 15.1. The molecular weight excluding hydrogens is 256 g/mol. The molecule has 100 valence electrons. The minimum absolute atomic E-state index is 0.697. The van der Waals surface area contributed by atoms with E-state index in [0.29, 0.717) is 4.77 Å². The van der Waals surface area contributed by atoms with Crippen LogP contribution in [0.15, 0.2) is 30.3 Å². The van der Waals surface area contributed by atoms with Crippen LogP contribution in [0.2, 0.25) is 0 Å². The second-order valence-corrected chi connectivity index (χ2v) is 5.47. The Morgan fingerprint density at radius 1 is 1.37 bits per heavy atom. The number of benzene rings is 1. The van der Waals surface area contributed by atoms with Gasteiger partial charge in [-0.25, -0.2) is 0 Å². The van der Waals surface area contributed by atoms with Crippen molar-refractivity contribution in [3.8, 4) is 11.4 Å². The lowest BCUT2D eigenvalue weighted by molar-refractivity contribution is 0.309. The maximum absolute atomic E-state index is 5.33. The van der Waals surface area contributed by atoms with E-state index in [-0.39, 0.29) is 0 Å². The van der Waals surface area contributed by atoms with Gasteiger partial charge in [-0.1, -0.05) is 30.3 Å². The molecule has 1 aromatic carbocycles. The van der Waals surface area contributed by atoms with Crippen LogP contribution in [-0.4, -0.2) is 39.3 Å². The largest absolute Gasteiger partial charge is 0.302 e. The van der Waals surface area contributed by atoms with Crippen LogP contribution in [0.25, 0.3) is 11.4 Å². The van der Waals surface area contributed by atoms with Gasteiger partial charge in [-0.05, 0) is 32.1 Å². The Morgan fingerprint density at radius 2 is 2.11 bits per heavy atom. The fourth-order valence-corrected chi connectivity index (χ4v) is 2.51. The second kappa shape index (κ2) is 5.27. The summed E-state index contributed by atoms with van der Waals surface area (Å²) in [7, 11) is 2.18. The monoisotopic (exact) mass is 274 g/mol. The number of nitrogens with zero attached hydrogens (tertiary/aromatic N) is 3. The highest BCUT2D eigenvalue weighted by Crippen LogP contribution is 2.25. The summed E-state index contributed by atoms with van der Waals surface area (Å²) in [4.78, 5) is 2.41. The van der Waals surface area contributed by atoms with Crippen LogP contribution in [0.5, 0.6) is 0 Å². The molecule has 5 heteroatoms. The molecule has 2 aromatic rings. The van der Waals surface area contributed by atoms with E-state index in [1.54, 1.807) is 0 Å². The van der Waals surface area contributed by atoms with Gasteiger partial charge in [0.05, 0.1) is 0 Å². The SMILES string of the molecule is CN(CCn1c(-c2ccccc2)n[nH]c1=S)C1CC1. The average Bonchev–Trinajstić information content (AvgIpc) is 3.22. The summed E-state index contributed by atoms with van der Waals surface area (Å²) in [5, 5.41) is 7.25. The maximum atomic E-state index is 5.33. The number of aromatic amines is 1. The van der Waals surface area contributed by atoms with Crippen LogP contribution in [0.3, 0.4) is 0 Å². The predicted octanol–water partition coefficient (Wildman–Crippen LogP) is 2.70. The Balaban J connectivity index is 1.80. The molecule has 1 aliphatic carbocycles. The van der Waals surface area contributed by atoms with Crippen LogP contribution in [-0.2, 0) is 6.54 Å². The summed E-state index contributed by atoms with van der Waals surface area (Å²) < 4.78 is 2.78. The molecule has 0 saturated heterocycles. The standard InChI is InChI=1S/C14H18N4S/c1-17(12-7-8-12)9-10-18-13(15-16-14(18)19)11-5-3-2-4-6-11/h2-6,12H,7-10H2,1H3,(H,16,19). The lowest BCUT2D eigenvalue weighted by atomic mass is 10.2. The van der Waals surface area contributed by atoms with Crippen molar-refractivity contribution in [1.82, 2.24) is 19.7 Å². The maximum Gasteiger partial charge on any atom is 0.195 e. The predicted molar refractivity (Wildman–Crippen MR) is 78.5 cm³/mol. The quantitative estimate of drug-likeness (QED) is 0.852. The van der Waals surface area contributed by atoms with E-state index in [0.717, 1.165) is 30.5 Å². The van der Waals surface area contributed by atoms with E-state index in [1.807, 2.05) is 18.2 Å². The van der Waals surface area contributed by atoms with Crippen LogP contribution < -0.4 is 0 Å². The van der Waals surface area contributed by atoms with E-state index >= 15 is 0 Å². The highest BCUT2D eigenvalue weighted by molar-refractivity contribution is 7.71. The molecule has 0 bridgehead atoms. The first-order valence-electron chi connectivity index (χ1n) is 6.66. The van der Waals surface area contributed by atoms with Gasteiger partial charge in [-0.2, -0.15) is 5.10 Å². The summed E-state index contributed by atoms with van der Waals surface area (Å²) in [6, 6.07) is 11.0. The molecule has 1 heterocycles. The highest BCUT2D eigenvalue weighted by atomic mass is 32.1. The van der Waals surface area contributed by atoms with Crippen LogP contribution in [0, 0.1) is 4.77 Å². The minimum Gasteiger partial charge on any atom is -0.302 e. The Bertz CT molecular complexity index is 597. The number of aromatic nitrogens is 3. The number of hydrogen-bond donors (Lipinski definition) is 1. The first kappa shape index (κ1) is 12.6. The van der Waals surface area contributed by atoms with Gasteiger partial charge in [0, 0.05) is 24.7 Å². The number of hydrogen-bond acceptors (Lipinski definition) is 3. The third-order valence-electron chi connectivity index (χ3n) is 3.64. The van der Waals surface area contributed by atoms with Crippen molar-refractivity contribution < 1.29 is 0 Å². The van der Waals surface area contributed by atoms with Crippen molar-refractivity contribution in [2.75, 3.05) is 13.6 Å². The fourth-order valence-electron chi connectivity index (χ4n) is 2.29. The van der Waals surface area contributed by atoms with Crippen molar-refractivity contribution in [1.29, 1.82) is 0 Å². The van der Waals surface area contributed by atoms with Crippen molar-refractivity contribution >= 4 is 12.2 Å². The third kappa shape index (κ3) is 2.77. The molecule has 0 unspecified atom stereocenters. The van der Waals surface area contributed by atoms with Crippen LogP contribution in [0.4, 0.5) is 0 Å². The zero-order valence-electron chi connectivity index (χ0n) is 11.0. The van der Waals surface area contributed by atoms with Gasteiger partial charge in [0.25, 0.3) is 0 Å². The topological polar surface area (TPSA) is 36.9 Å². The lowest BCUT2D eigenvalue weighted by Crippen LogP contribution is -2.25. The molecule has 1 aromatic heterocycles. The van der Waals surface area contributed by atoms with E-state index in [4.69, 9.17) is 12.2 Å². The first-order chi connectivity index (χ1) is 9.25. The molecule has 1 N–H and O–H groups in total. The van der Waals surface area contributed by atoms with Crippen LogP contribution in [0.1, 0.15) is 12.8 Å². The van der Waals surface area contributed by atoms with Gasteiger partial charge in [-0.3, -0.25) is 9.67 Å². The fraction of sp³-hybridized carbons (Fsp3) is 0.429. The Labute approximate surface area is 118 Å². The average molecular weight is 274 g/mol. The first-order valence-corrected chi connectivity index (χ1v) is 7.07. The van der Waals surface area contributed by atoms with Gasteiger partial charge in [0.1, 0.15) is 0 Å². The number of rotatable bonds is 5. The lowest BCUT2D eigenvalue weighted by Gasteiger charge is -2.16. The molecule has 0 amide bonds. The summed E-state index contributed by atoms with van der Waals surface area (Å²) in [6.45, 7) is 1.89. The van der Waals surface area contributed by atoms with Gasteiger partial charge >= 0.3 is 0 Å². The van der Waals surface area contributed by atoms with Crippen molar-refractivity contribution in [3.05, 3.63) is 35.1 Å². The number of H-pyrrole nitrogens is 1. The summed E-state index contributed by atoms with van der Waals surface area (Å²) in [5.74, 6) is 0.926. The van der Waals surface area contributed by atoms with Crippen LogP contribution >= 0.6 is 12.2 Å². The zero-order chi connectivity index (χ0) is 13.2. The van der Waals surface area contributed by atoms with E-state index < -0.39 is 0 Å². The Morgan fingerprint density at radius 3 is 2.79 bits per heavy atom. The molecule has 3 rings (SSSR count). The molecule has 4 nitrogen and oxygen atoms in total. The van der Waals surface area contributed by atoms with E-state index in [2.05, 4.69) is 38.8 Å². The molecule has 1 fully saturated rings. The third-order valence-corrected chi connectivity index (χ3v) is 3.95. The Hall–Kier alpha value is -1.46. The van der Waals surface area contributed by atoms with Crippen molar-refractivity contribution in [2.24, 2.45) is 0 Å².